The molecule has 0 bridgehead atoms. The molecule has 0 heterocycles. The number of hydrogen-bond acceptors (Lipinski definition) is 2. The van der Waals surface area contributed by atoms with Crippen LogP contribution in [0.3, 0.4) is 0 Å². The SMILES string of the molecule is Cc1cc(N)cc(C)c1NC(=O)NC1CCC1. The maximum Gasteiger partial charge on any atom is 0.319 e. The topological polar surface area (TPSA) is 67.1 Å². The van der Waals surface area contributed by atoms with E-state index in [1.807, 2.05) is 26.0 Å². The number of anilines is 2. The van der Waals surface area contributed by atoms with Crippen molar-refractivity contribution in [3.8, 4) is 0 Å². The lowest BCUT2D eigenvalue weighted by molar-refractivity contribution is 0.240. The summed E-state index contributed by atoms with van der Waals surface area (Å²) in [6.45, 7) is 3.89. The van der Waals surface area contributed by atoms with Gasteiger partial charge in [0.15, 0.2) is 0 Å². The molecule has 1 aromatic carbocycles. The minimum absolute atomic E-state index is 0.120. The Labute approximate surface area is 102 Å². The van der Waals surface area contributed by atoms with Gasteiger partial charge in [-0.1, -0.05) is 0 Å². The van der Waals surface area contributed by atoms with Gasteiger partial charge >= 0.3 is 6.03 Å². The van der Waals surface area contributed by atoms with Crippen LogP contribution in [0.2, 0.25) is 0 Å². The predicted octanol–water partition coefficient (Wildman–Crippen LogP) is 2.56. The van der Waals surface area contributed by atoms with Crippen molar-refractivity contribution in [3.63, 3.8) is 0 Å². The molecular weight excluding hydrogens is 214 g/mol. The number of nitrogens with two attached hydrogens (primary N) is 1. The lowest BCUT2D eigenvalue weighted by Gasteiger charge is -2.26. The highest BCUT2D eigenvalue weighted by Gasteiger charge is 2.19. The first-order valence-corrected chi connectivity index (χ1v) is 6.00. The number of aryl methyl sites for hydroxylation is 2. The molecule has 0 saturated heterocycles. The van der Waals surface area contributed by atoms with Crippen molar-refractivity contribution in [2.24, 2.45) is 0 Å². The van der Waals surface area contributed by atoms with Crippen LogP contribution < -0.4 is 16.4 Å². The summed E-state index contributed by atoms with van der Waals surface area (Å²) in [6.07, 6.45) is 3.39. The van der Waals surface area contributed by atoms with Crippen LogP contribution in [-0.2, 0) is 0 Å². The largest absolute Gasteiger partial charge is 0.399 e. The molecule has 17 heavy (non-hydrogen) atoms. The third-order valence-electron chi connectivity index (χ3n) is 3.23. The summed E-state index contributed by atoms with van der Waals surface area (Å²) in [5, 5.41) is 5.85. The maximum atomic E-state index is 11.8. The van der Waals surface area contributed by atoms with Crippen LogP contribution >= 0.6 is 0 Å². The van der Waals surface area contributed by atoms with Gasteiger partial charge in [-0.05, 0) is 56.4 Å². The summed E-state index contributed by atoms with van der Waals surface area (Å²) in [5.41, 5.74) is 9.31. The number of hydrogen-bond donors (Lipinski definition) is 3. The minimum atomic E-state index is -0.120. The third-order valence-corrected chi connectivity index (χ3v) is 3.23. The summed E-state index contributed by atoms with van der Waals surface area (Å²) in [5.74, 6) is 0. The summed E-state index contributed by atoms with van der Waals surface area (Å²) in [7, 11) is 0. The molecule has 1 fully saturated rings. The van der Waals surface area contributed by atoms with Gasteiger partial charge in [0.1, 0.15) is 0 Å². The second-order valence-electron chi connectivity index (χ2n) is 4.76. The molecule has 1 aliphatic carbocycles. The molecule has 0 atom stereocenters. The van der Waals surface area contributed by atoms with Gasteiger partial charge in [0.2, 0.25) is 0 Å². The van der Waals surface area contributed by atoms with E-state index in [1.54, 1.807) is 0 Å². The number of benzene rings is 1. The summed E-state index contributed by atoms with van der Waals surface area (Å²) in [6, 6.07) is 3.97. The second kappa shape index (κ2) is 4.65. The number of urea groups is 1. The Bertz CT molecular complexity index is 415. The number of nitrogen functional groups attached to an aromatic ring is 1. The first-order valence-electron chi connectivity index (χ1n) is 6.00. The van der Waals surface area contributed by atoms with Crippen molar-refractivity contribution in [1.82, 2.24) is 5.32 Å². The van der Waals surface area contributed by atoms with Crippen LogP contribution in [0.25, 0.3) is 0 Å². The fourth-order valence-electron chi connectivity index (χ4n) is 2.08. The van der Waals surface area contributed by atoms with Gasteiger partial charge in [-0.2, -0.15) is 0 Å². The third kappa shape index (κ3) is 2.70. The zero-order chi connectivity index (χ0) is 12.4. The highest BCUT2D eigenvalue weighted by molar-refractivity contribution is 5.91. The number of nitrogens with one attached hydrogen (secondary N) is 2. The molecule has 2 amide bonds. The van der Waals surface area contributed by atoms with E-state index in [9.17, 15) is 4.79 Å². The number of amides is 2. The Morgan fingerprint density at radius 3 is 2.35 bits per heavy atom. The molecule has 0 aliphatic heterocycles. The maximum absolute atomic E-state index is 11.8. The van der Waals surface area contributed by atoms with Crippen LogP contribution in [0.1, 0.15) is 30.4 Å². The van der Waals surface area contributed by atoms with Gasteiger partial charge in [-0.15, -0.1) is 0 Å². The summed E-state index contributed by atoms with van der Waals surface area (Å²) >= 11 is 0. The number of carbonyl (C=O) groups excluding carboxylic acids is 1. The van der Waals surface area contributed by atoms with Crippen LogP contribution in [0.4, 0.5) is 16.2 Å². The van der Waals surface area contributed by atoms with Crippen molar-refractivity contribution < 1.29 is 4.79 Å². The van der Waals surface area contributed by atoms with E-state index in [4.69, 9.17) is 5.73 Å². The lowest BCUT2D eigenvalue weighted by atomic mass is 9.93. The van der Waals surface area contributed by atoms with Crippen molar-refractivity contribution in [2.75, 3.05) is 11.1 Å². The molecule has 4 heteroatoms. The Kier molecular flexibility index (Phi) is 3.22. The Hall–Kier alpha value is -1.71. The lowest BCUT2D eigenvalue weighted by Crippen LogP contribution is -2.42. The molecular formula is C13H19N3O. The second-order valence-corrected chi connectivity index (χ2v) is 4.76. The van der Waals surface area contributed by atoms with Crippen molar-refractivity contribution in [2.45, 2.75) is 39.2 Å². The van der Waals surface area contributed by atoms with Gasteiger partial charge in [0.25, 0.3) is 0 Å². The smallest absolute Gasteiger partial charge is 0.319 e. The summed E-state index contributed by atoms with van der Waals surface area (Å²) in [4.78, 5) is 11.8. The monoisotopic (exact) mass is 233 g/mol. The van der Waals surface area contributed by atoms with Crippen LogP contribution in [-0.4, -0.2) is 12.1 Å². The Morgan fingerprint density at radius 2 is 1.88 bits per heavy atom. The van der Waals surface area contributed by atoms with E-state index >= 15 is 0 Å². The average molecular weight is 233 g/mol. The molecule has 0 spiro atoms. The molecule has 0 aromatic heterocycles. The van der Waals surface area contributed by atoms with E-state index in [0.717, 1.165) is 35.3 Å². The van der Waals surface area contributed by atoms with Crippen molar-refractivity contribution in [3.05, 3.63) is 23.3 Å². The molecule has 1 aromatic rings. The predicted molar refractivity (Wildman–Crippen MR) is 70.1 cm³/mol. The van der Waals surface area contributed by atoms with Gasteiger partial charge in [-0.3, -0.25) is 0 Å². The van der Waals surface area contributed by atoms with Crippen molar-refractivity contribution in [1.29, 1.82) is 0 Å². The fraction of sp³-hybridized carbons (Fsp3) is 0.462. The molecule has 0 unspecified atom stereocenters. The number of rotatable bonds is 2. The summed E-state index contributed by atoms with van der Waals surface area (Å²) < 4.78 is 0. The van der Waals surface area contributed by atoms with Crippen LogP contribution in [0, 0.1) is 13.8 Å². The van der Waals surface area contributed by atoms with Crippen LogP contribution in [0.5, 0.6) is 0 Å². The van der Waals surface area contributed by atoms with E-state index < -0.39 is 0 Å². The highest BCUT2D eigenvalue weighted by Crippen LogP contribution is 2.24. The number of carbonyl (C=O) groups is 1. The Morgan fingerprint density at radius 1 is 1.29 bits per heavy atom. The first-order chi connectivity index (χ1) is 8.06. The van der Waals surface area contributed by atoms with Crippen molar-refractivity contribution >= 4 is 17.4 Å². The minimum Gasteiger partial charge on any atom is -0.399 e. The molecule has 4 nitrogen and oxygen atoms in total. The normalized spacial score (nSPS) is 15.2. The highest BCUT2D eigenvalue weighted by atomic mass is 16.2. The molecule has 92 valence electrons. The van der Waals surface area contributed by atoms with Crippen LogP contribution in [0.15, 0.2) is 12.1 Å². The van der Waals surface area contributed by atoms with Gasteiger partial charge in [0, 0.05) is 17.4 Å². The average Bonchev–Trinajstić information content (AvgIpc) is 2.17. The van der Waals surface area contributed by atoms with Gasteiger partial charge < -0.3 is 16.4 Å². The molecule has 4 N–H and O–H groups in total. The molecule has 0 radical (unpaired) electrons. The first kappa shape index (κ1) is 11.8. The van der Waals surface area contributed by atoms with Gasteiger partial charge in [0.05, 0.1) is 0 Å². The van der Waals surface area contributed by atoms with E-state index in [0.29, 0.717) is 6.04 Å². The van der Waals surface area contributed by atoms with Gasteiger partial charge in [-0.25, -0.2) is 4.79 Å². The standard InChI is InChI=1S/C13H19N3O/c1-8-6-10(14)7-9(2)12(8)16-13(17)15-11-4-3-5-11/h6-7,11H,3-5,14H2,1-2H3,(H2,15,16,17). The Balaban J connectivity index is 2.04. The zero-order valence-electron chi connectivity index (χ0n) is 10.3. The van der Waals surface area contributed by atoms with E-state index in [-0.39, 0.29) is 6.03 Å². The molecule has 1 saturated carbocycles. The molecule has 2 rings (SSSR count). The van der Waals surface area contributed by atoms with E-state index in [2.05, 4.69) is 10.6 Å². The quantitative estimate of drug-likeness (QED) is 0.687. The molecule has 1 aliphatic rings. The fourth-order valence-corrected chi connectivity index (χ4v) is 2.08. The van der Waals surface area contributed by atoms with E-state index in [1.165, 1.54) is 6.42 Å². The zero-order valence-corrected chi connectivity index (χ0v) is 10.3.